The van der Waals surface area contributed by atoms with E-state index in [9.17, 15) is 18.0 Å². The van der Waals surface area contributed by atoms with Gasteiger partial charge in [0.2, 0.25) is 15.9 Å². The van der Waals surface area contributed by atoms with E-state index < -0.39 is 28.4 Å². The van der Waals surface area contributed by atoms with E-state index in [1.807, 2.05) is 0 Å². The molecule has 0 unspecified atom stereocenters. The smallest absolute Gasteiger partial charge is 0.338 e. The van der Waals surface area contributed by atoms with Crippen LogP contribution in [0.4, 0.5) is 11.4 Å². The van der Waals surface area contributed by atoms with Gasteiger partial charge < -0.3 is 10.1 Å². The van der Waals surface area contributed by atoms with Crippen LogP contribution in [0.2, 0.25) is 10.0 Å². The highest BCUT2D eigenvalue weighted by molar-refractivity contribution is 7.92. The number of rotatable bonds is 6. The third kappa shape index (κ3) is 5.15. The first-order valence-electron chi connectivity index (χ1n) is 7.95. The van der Waals surface area contributed by atoms with Gasteiger partial charge in [-0.05, 0) is 42.8 Å². The standard InChI is InChI=1S/C18H18Cl2N2O5S/c1-11-13(18(24)27-2)5-4-6-15(11)21-17(23)10-22(28(3,25)26)16-8-7-12(19)9-14(16)20/h4-9H,10H2,1-3H3,(H,21,23). The number of amides is 1. The highest BCUT2D eigenvalue weighted by atomic mass is 35.5. The van der Waals surface area contributed by atoms with Crippen LogP contribution in [0.15, 0.2) is 36.4 Å². The van der Waals surface area contributed by atoms with Crippen LogP contribution in [0.1, 0.15) is 15.9 Å². The van der Waals surface area contributed by atoms with E-state index in [0.29, 0.717) is 21.8 Å². The van der Waals surface area contributed by atoms with Crippen LogP contribution in [0.3, 0.4) is 0 Å². The van der Waals surface area contributed by atoms with Gasteiger partial charge in [0.15, 0.2) is 0 Å². The van der Waals surface area contributed by atoms with Crippen molar-refractivity contribution in [2.45, 2.75) is 6.92 Å². The fourth-order valence-electron chi connectivity index (χ4n) is 2.49. The Balaban J connectivity index is 2.30. The number of hydrogen-bond acceptors (Lipinski definition) is 5. The lowest BCUT2D eigenvalue weighted by Gasteiger charge is -2.23. The minimum absolute atomic E-state index is 0.0922. The number of ether oxygens (including phenoxy) is 1. The Kier molecular flexibility index (Phi) is 6.92. The fraction of sp³-hybridized carbons (Fsp3) is 0.222. The lowest BCUT2D eigenvalue weighted by molar-refractivity contribution is -0.114. The molecule has 0 aliphatic rings. The van der Waals surface area contributed by atoms with Crippen molar-refractivity contribution in [1.29, 1.82) is 0 Å². The second kappa shape index (κ2) is 8.81. The first kappa shape index (κ1) is 22.0. The molecular weight excluding hydrogens is 427 g/mol. The van der Waals surface area contributed by atoms with Crippen LogP contribution in [0.25, 0.3) is 0 Å². The Labute approximate surface area is 173 Å². The zero-order valence-corrected chi connectivity index (χ0v) is 17.7. The highest BCUT2D eigenvalue weighted by Crippen LogP contribution is 2.30. The highest BCUT2D eigenvalue weighted by Gasteiger charge is 2.24. The lowest BCUT2D eigenvalue weighted by atomic mass is 10.1. The minimum Gasteiger partial charge on any atom is -0.465 e. The van der Waals surface area contributed by atoms with Crippen molar-refractivity contribution in [2.24, 2.45) is 0 Å². The van der Waals surface area contributed by atoms with Gasteiger partial charge in [0.1, 0.15) is 6.54 Å². The van der Waals surface area contributed by atoms with Crippen molar-refractivity contribution >= 4 is 56.5 Å². The number of halogens is 2. The molecule has 0 saturated carbocycles. The van der Waals surface area contributed by atoms with Gasteiger partial charge >= 0.3 is 5.97 Å². The second-order valence-electron chi connectivity index (χ2n) is 5.88. The molecule has 0 aliphatic carbocycles. The largest absolute Gasteiger partial charge is 0.465 e. The van der Waals surface area contributed by atoms with Crippen molar-refractivity contribution in [3.8, 4) is 0 Å². The zero-order valence-electron chi connectivity index (χ0n) is 15.3. The maximum Gasteiger partial charge on any atom is 0.338 e. The van der Waals surface area contributed by atoms with E-state index in [1.54, 1.807) is 25.1 Å². The Bertz CT molecular complexity index is 1020. The van der Waals surface area contributed by atoms with E-state index in [1.165, 1.54) is 25.3 Å². The number of carbonyl (C=O) groups is 2. The normalized spacial score (nSPS) is 11.0. The predicted molar refractivity (Wildman–Crippen MR) is 110 cm³/mol. The predicted octanol–water partition coefficient (Wildman–Crippen LogP) is 3.49. The van der Waals surface area contributed by atoms with Gasteiger partial charge in [-0.1, -0.05) is 29.3 Å². The summed E-state index contributed by atoms with van der Waals surface area (Å²) < 4.78 is 30.0. The molecule has 0 spiro atoms. The molecule has 2 aromatic rings. The quantitative estimate of drug-likeness (QED) is 0.688. The SMILES string of the molecule is COC(=O)c1cccc(NC(=O)CN(c2ccc(Cl)cc2Cl)S(C)(=O)=O)c1C. The molecule has 0 aliphatic heterocycles. The number of sulfonamides is 1. The molecule has 7 nitrogen and oxygen atoms in total. The van der Waals surface area contributed by atoms with Gasteiger partial charge in [0.05, 0.1) is 29.6 Å². The molecule has 150 valence electrons. The maximum atomic E-state index is 12.5. The fourth-order valence-corrected chi connectivity index (χ4v) is 3.92. The number of esters is 1. The van der Waals surface area contributed by atoms with Crippen LogP contribution in [0, 0.1) is 6.92 Å². The van der Waals surface area contributed by atoms with Crippen molar-refractivity contribution in [3.63, 3.8) is 0 Å². The van der Waals surface area contributed by atoms with Crippen molar-refractivity contribution < 1.29 is 22.7 Å². The number of carbonyl (C=O) groups excluding carboxylic acids is 2. The summed E-state index contributed by atoms with van der Waals surface area (Å²) in [5.74, 6) is -1.15. The first-order valence-corrected chi connectivity index (χ1v) is 10.6. The van der Waals surface area contributed by atoms with Crippen molar-refractivity contribution in [1.82, 2.24) is 0 Å². The topological polar surface area (TPSA) is 92.8 Å². The molecule has 0 atom stereocenters. The maximum absolute atomic E-state index is 12.5. The average Bonchev–Trinajstić information content (AvgIpc) is 2.60. The van der Waals surface area contributed by atoms with Gasteiger partial charge in [-0.25, -0.2) is 13.2 Å². The Morgan fingerprint density at radius 3 is 2.43 bits per heavy atom. The van der Waals surface area contributed by atoms with Gasteiger partial charge in [0, 0.05) is 10.7 Å². The van der Waals surface area contributed by atoms with Crippen LogP contribution in [0.5, 0.6) is 0 Å². The summed E-state index contributed by atoms with van der Waals surface area (Å²) in [6, 6.07) is 9.02. The van der Waals surface area contributed by atoms with Crippen LogP contribution in [-0.2, 0) is 19.6 Å². The molecule has 1 N–H and O–H groups in total. The molecule has 28 heavy (non-hydrogen) atoms. The summed E-state index contributed by atoms with van der Waals surface area (Å²) in [4.78, 5) is 24.3. The molecule has 0 radical (unpaired) electrons. The summed E-state index contributed by atoms with van der Waals surface area (Å²) in [6.07, 6.45) is 0.967. The summed E-state index contributed by atoms with van der Waals surface area (Å²) in [5, 5.41) is 3.04. The summed E-state index contributed by atoms with van der Waals surface area (Å²) in [7, 11) is -2.55. The van der Waals surface area contributed by atoms with Crippen LogP contribution >= 0.6 is 23.2 Å². The molecule has 0 heterocycles. The monoisotopic (exact) mass is 444 g/mol. The summed E-state index contributed by atoms with van der Waals surface area (Å²) >= 11 is 11.9. The Hall–Kier alpha value is -2.29. The number of anilines is 2. The van der Waals surface area contributed by atoms with Crippen molar-refractivity contribution in [2.75, 3.05) is 29.5 Å². The number of nitrogens with one attached hydrogen (secondary N) is 1. The number of benzene rings is 2. The van der Waals surface area contributed by atoms with Gasteiger partial charge in [0.25, 0.3) is 0 Å². The minimum atomic E-state index is -3.81. The molecule has 0 aromatic heterocycles. The first-order chi connectivity index (χ1) is 13.0. The third-order valence-corrected chi connectivity index (χ3v) is 5.54. The average molecular weight is 445 g/mol. The molecule has 0 saturated heterocycles. The Morgan fingerprint density at radius 2 is 1.86 bits per heavy atom. The number of methoxy groups -OCH3 is 1. The van der Waals surface area contributed by atoms with E-state index in [4.69, 9.17) is 27.9 Å². The molecule has 2 aromatic carbocycles. The molecule has 0 bridgehead atoms. The van der Waals surface area contributed by atoms with E-state index in [0.717, 1.165) is 10.6 Å². The summed E-state index contributed by atoms with van der Waals surface area (Å²) in [5.41, 5.74) is 1.28. The molecular formula is C18H18Cl2N2O5S. The number of nitrogens with zero attached hydrogens (tertiary/aromatic N) is 1. The number of hydrogen-bond donors (Lipinski definition) is 1. The van der Waals surface area contributed by atoms with Gasteiger partial charge in [-0.2, -0.15) is 0 Å². The third-order valence-electron chi connectivity index (χ3n) is 3.88. The Morgan fingerprint density at radius 1 is 1.18 bits per heavy atom. The van der Waals surface area contributed by atoms with Gasteiger partial charge in [-0.3, -0.25) is 9.10 Å². The van der Waals surface area contributed by atoms with E-state index in [-0.39, 0.29) is 10.7 Å². The van der Waals surface area contributed by atoms with E-state index >= 15 is 0 Å². The summed E-state index contributed by atoms with van der Waals surface area (Å²) in [6.45, 7) is 1.13. The molecule has 1 amide bonds. The molecule has 2 rings (SSSR count). The molecule has 10 heteroatoms. The molecule has 0 fully saturated rings. The van der Waals surface area contributed by atoms with Gasteiger partial charge in [-0.15, -0.1) is 0 Å². The zero-order chi connectivity index (χ0) is 21.1. The van der Waals surface area contributed by atoms with Crippen LogP contribution < -0.4 is 9.62 Å². The van der Waals surface area contributed by atoms with E-state index in [2.05, 4.69) is 5.32 Å². The van der Waals surface area contributed by atoms with Crippen molar-refractivity contribution in [3.05, 3.63) is 57.6 Å². The lowest BCUT2D eigenvalue weighted by Crippen LogP contribution is -2.37. The van der Waals surface area contributed by atoms with Crippen LogP contribution in [-0.4, -0.2) is 40.2 Å². The second-order valence-corrected chi connectivity index (χ2v) is 8.63.